The molecule has 2 aliphatic rings. The summed E-state index contributed by atoms with van der Waals surface area (Å²) in [5, 5.41) is 8.74. The molecule has 13 heavy (non-hydrogen) atoms. The van der Waals surface area contributed by atoms with Gasteiger partial charge in [-0.15, -0.1) is 0 Å². The van der Waals surface area contributed by atoms with Crippen LogP contribution in [0.25, 0.3) is 0 Å². The van der Waals surface area contributed by atoms with E-state index >= 15 is 0 Å². The van der Waals surface area contributed by atoms with Crippen LogP contribution in [0.1, 0.15) is 11.1 Å². The molecule has 2 nitrogen and oxygen atoms in total. The van der Waals surface area contributed by atoms with Crippen LogP contribution in [0.5, 0.6) is 0 Å². The Hall–Kier alpha value is -1.33. The van der Waals surface area contributed by atoms with Crippen molar-refractivity contribution >= 4 is 0 Å². The van der Waals surface area contributed by atoms with E-state index in [1.807, 2.05) is 12.1 Å². The van der Waals surface area contributed by atoms with Gasteiger partial charge in [-0.1, -0.05) is 24.3 Å². The lowest BCUT2D eigenvalue weighted by atomic mass is 10.0. The first-order valence-electron chi connectivity index (χ1n) is 4.48. The number of hydrogen-bond acceptors (Lipinski definition) is 2. The Balaban J connectivity index is 1.96. The molecule has 1 saturated heterocycles. The molecule has 1 aromatic carbocycles. The third kappa shape index (κ3) is 0.853. The topological polar surface area (TPSA) is 36.3 Å². The lowest BCUT2D eigenvalue weighted by Gasteiger charge is -1.96. The van der Waals surface area contributed by atoms with Crippen LogP contribution in [0, 0.1) is 11.3 Å². The lowest BCUT2D eigenvalue weighted by Crippen LogP contribution is -2.13. The average Bonchev–Trinajstić information content (AvgIpc) is 2.69. The zero-order valence-electron chi connectivity index (χ0n) is 7.16. The second-order valence-electron chi connectivity index (χ2n) is 3.81. The highest BCUT2D eigenvalue weighted by molar-refractivity contribution is 5.40. The van der Waals surface area contributed by atoms with E-state index < -0.39 is 0 Å². The molecule has 0 saturated carbocycles. The molecule has 0 amide bonds. The van der Waals surface area contributed by atoms with Gasteiger partial charge in [0.15, 0.2) is 6.10 Å². The first-order valence-corrected chi connectivity index (χ1v) is 4.48. The van der Waals surface area contributed by atoms with E-state index in [4.69, 9.17) is 10.00 Å². The lowest BCUT2D eigenvalue weighted by molar-refractivity contribution is 0.307. The summed E-state index contributed by atoms with van der Waals surface area (Å²) >= 11 is 0. The number of rotatable bonds is 0. The molecule has 1 unspecified atom stereocenters. The van der Waals surface area contributed by atoms with Gasteiger partial charge < -0.3 is 4.74 Å². The van der Waals surface area contributed by atoms with Crippen LogP contribution >= 0.6 is 0 Å². The minimum Gasteiger partial charge on any atom is -0.349 e. The summed E-state index contributed by atoms with van der Waals surface area (Å²) in [6, 6.07) is 10.5. The van der Waals surface area contributed by atoms with Crippen molar-refractivity contribution in [3.05, 3.63) is 35.4 Å². The molecule has 1 heterocycles. The average molecular weight is 171 g/mol. The van der Waals surface area contributed by atoms with Crippen LogP contribution < -0.4 is 0 Å². The molecule has 0 aromatic heterocycles. The Bertz CT molecular complexity index is 380. The minimum absolute atomic E-state index is 0.140. The van der Waals surface area contributed by atoms with Gasteiger partial charge in [0.2, 0.25) is 0 Å². The number of ether oxygens (including phenoxy) is 1. The Kier molecular flexibility index (Phi) is 1.16. The SMILES string of the molecule is N#CC1OC12Cc1ccccc1C2. The number of epoxide rings is 1. The molecule has 1 spiro atoms. The molecule has 0 N–H and O–H groups in total. The van der Waals surface area contributed by atoms with E-state index in [2.05, 4.69) is 18.2 Å². The van der Waals surface area contributed by atoms with Crippen LogP contribution in [0.4, 0.5) is 0 Å². The standard InChI is InChI=1S/C11H9NO/c12-7-10-11(13-10)5-8-3-1-2-4-9(8)6-11/h1-4,10H,5-6H2. The summed E-state index contributed by atoms with van der Waals surface area (Å²) in [5.74, 6) is 0. The van der Waals surface area contributed by atoms with Gasteiger partial charge in [-0.2, -0.15) is 5.26 Å². The molecular weight excluding hydrogens is 162 g/mol. The number of nitriles is 1. The molecule has 1 fully saturated rings. The summed E-state index contributed by atoms with van der Waals surface area (Å²) < 4.78 is 5.44. The fourth-order valence-corrected chi connectivity index (χ4v) is 2.22. The number of nitrogens with zero attached hydrogens (tertiary/aromatic N) is 1. The zero-order chi connectivity index (χ0) is 8.89. The smallest absolute Gasteiger partial charge is 0.174 e. The molecular formula is C11H9NO. The van der Waals surface area contributed by atoms with Crippen molar-refractivity contribution in [2.75, 3.05) is 0 Å². The van der Waals surface area contributed by atoms with Crippen LogP contribution in [0.3, 0.4) is 0 Å². The van der Waals surface area contributed by atoms with Crippen LogP contribution in [0.2, 0.25) is 0 Å². The molecule has 1 aliphatic heterocycles. The molecule has 64 valence electrons. The normalized spacial score (nSPS) is 26.8. The van der Waals surface area contributed by atoms with Crippen LogP contribution in [-0.2, 0) is 17.6 Å². The molecule has 1 aromatic rings. The quantitative estimate of drug-likeness (QED) is 0.554. The minimum atomic E-state index is -0.167. The Morgan fingerprint density at radius 2 is 1.92 bits per heavy atom. The number of hydrogen-bond donors (Lipinski definition) is 0. The first kappa shape index (κ1) is 7.11. The van der Waals surface area contributed by atoms with Gasteiger partial charge >= 0.3 is 0 Å². The third-order valence-electron chi connectivity index (χ3n) is 2.99. The van der Waals surface area contributed by atoms with E-state index in [1.165, 1.54) is 11.1 Å². The highest BCUT2D eigenvalue weighted by Gasteiger charge is 2.59. The number of fused-ring (bicyclic) bond motifs is 1. The maximum absolute atomic E-state index is 8.74. The third-order valence-corrected chi connectivity index (χ3v) is 2.99. The van der Waals surface area contributed by atoms with Crippen molar-refractivity contribution in [1.82, 2.24) is 0 Å². The maximum Gasteiger partial charge on any atom is 0.174 e. The number of benzene rings is 1. The van der Waals surface area contributed by atoms with E-state index in [0.717, 1.165) is 12.8 Å². The van der Waals surface area contributed by atoms with Crippen molar-refractivity contribution in [2.45, 2.75) is 24.5 Å². The predicted molar refractivity (Wildman–Crippen MR) is 47.1 cm³/mol. The van der Waals surface area contributed by atoms with Crippen molar-refractivity contribution < 1.29 is 4.74 Å². The van der Waals surface area contributed by atoms with Gasteiger partial charge in [0.25, 0.3) is 0 Å². The Morgan fingerprint density at radius 1 is 1.31 bits per heavy atom. The van der Waals surface area contributed by atoms with E-state index in [1.54, 1.807) is 0 Å². The second kappa shape index (κ2) is 2.12. The van der Waals surface area contributed by atoms with Gasteiger partial charge in [0.1, 0.15) is 5.60 Å². The largest absolute Gasteiger partial charge is 0.349 e. The second-order valence-corrected chi connectivity index (χ2v) is 3.81. The van der Waals surface area contributed by atoms with Crippen molar-refractivity contribution in [1.29, 1.82) is 5.26 Å². The van der Waals surface area contributed by atoms with E-state index in [-0.39, 0.29) is 11.7 Å². The van der Waals surface area contributed by atoms with E-state index in [0.29, 0.717) is 0 Å². The molecule has 1 aliphatic carbocycles. The fraction of sp³-hybridized carbons (Fsp3) is 0.364. The van der Waals surface area contributed by atoms with Crippen molar-refractivity contribution in [2.24, 2.45) is 0 Å². The van der Waals surface area contributed by atoms with Gasteiger partial charge in [-0.3, -0.25) is 0 Å². The van der Waals surface area contributed by atoms with Crippen LogP contribution in [-0.4, -0.2) is 11.7 Å². The summed E-state index contributed by atoms with van der Waals surface area (Å²) in [5.41, 5.74) is 2.55. The first-order chi connectivity index (χ1) is 6.34. The van der Waals surface area contributed by atoms with Gasteiger partial charge in [0, 0.05) is 12.8 Å². The highest BCUT2D eigenvalue weighted by Crippen LogP contribution is 2.47. The highest BCUT2D eigenvalue weighted by atomic mass is 16.6. The van der Waals surface area contributed by atoms with Gasteiger partial charge in [0.05, 0.1) is 6.07 Å². The predicted octanol–water partition coefficient (Wildman–Crippen LogP) is 1.45. The summed E-state index contributed by atoms with van der Waals surface area (Å²) in [4.78, 5) is 0. The van der Waals surface area contributed by atoms with Gasteiger partial charge in [-0.05, 0) is 11.1 Å². The van der Waals surface area contributed by atoms with E-state index in [9.17, 15) is 0 Å². The molecule has 0 radical (unpaired) electrons. The monoisotopic (exact) mass is 171 g/mol. The Labute approximate surface area is 76.8 Å². The maximum atomic E-state index is 8.74. The summed E-state index contributed by atoms with van der Waals surface area (Å²) in [6.07, 6.45) is 1.67. The van der Waals surface area contributed by atoms with Crippen LogP contribution in [0.15, 0.2) is 24.3 Å². The summed E-state index contributed by atoms with van der Waals surface area (Å²) in [6.45, 7) is 0. The Morgan fingerprint density at radius 3 is 2.38 bits per heavy atom. The molecule has 2 heteroatoms. The van der Waals surface area contributed by atoms with Crippen molar-refractivity contribution in [3.63, 3.8) is 0 Å². The molecule has 3 rings (SSSR count). The zero-order valence-corrected chi connectivity index (χ0v) is 7.16. The fourth-order valence-electron chi connectivity index (χ4n) is 2.22. The summed E-state index contributed by atoms with van der Waals surface area (Å²) in [7, 11) is 0. The van der Waals surface area contributed by atoms with Gasteiger partial charge in [-0.25, -0.2) is 0 Å². The van der Waals surface area contributed by atoms with Crippen molar-refractivity contribution in [3.8, 4) is 6.07 Å². The molecule has 1 atom stereocenters. The molecule has 0 bridgehead atoms.